The van der Waals surface area contributed by atoms with Crippen molar-refractivity contribution in [3.8, 4) is 0 Å². The lowest BCUT2D eigenvalue weighted by atomic mass is 10.2. The molecule has 1 aromatic carbocycles. The van der Waals surface area contributed by atoms with Crippen molar-refractivity contribution in [2.24, 2.45) is 0 Å². The molecule has 0 aliphatic heterocycles. The first-order valence-corrected chi connectivity index (χ1v) is 8.62. The van der Waals surface area contributed by atoms with E-state index in [1.54, 1.807) is 13.8 Å². The van der Waals surface area contributed by atoms with Gasteiger partial charge in [-0.2, -0.15) is 0 Å². The SMILES string of the molecule is Cc1c(C(=O)OCc2ccccc2)sc2nc(C)n(CCF)c(=O)c12. The molecule has 0 spiro atoms. The molecule has 5 nitrogen and oxygen atoms in total. The van der Waals surface area contributed by atoms with E-state index in [9.17, 15) is 14.0 Å². The Morgan fingerprint density at radius 3 is 2.68 bits per heavy atom. The number of alkyl halides is 1. The first kappa shape index (κ1) is 17.3. The molecule has 0 N–H and O–H groups in total. The summed E-state index contributed by atoms with van der Waals surface area (Å²) in [4.78, 5) is 30.2. The van der Waals surface area contributed by atoms with Crippen molar-refractivity contribution in [1.82, 2.24) is 9.55 Å². The highest BCUT2D eigenvalue weighted by Crippen LogP contribution is 2.28. The largest absolute Gasteiger partial charge is 0.457 e. The molecule has 130 valence electrons. The molecule has 2 heterocycles. The van der Waals surface area contributed by atoms with Gasteiger partial charge >= 0.3 is 5.97 Å². The van der Waals surface area contributed by atoms with Crippen LogP contribution in [-0.4, -0.2) is 22.2 Å². The summed E-state index contributed by atoms with van der Waals surface area (Å²) in [7, 11) is 0. The smallest absolute Gasteiger partial charge is 0.349 e. The van der Waals surface area contributed by atoms with Gasteiger partial charge in [0.05, 0.1) is 11.9 Å². The number of esters is 1. The van der Waals surface area contributed by atoms with Gasteiger partial charge in [0.1, 0.15) is 28.8 Å². The molecule has 3 rings (SSSR count). The average Bonchev–Trinajstić information content (AvgIpc) is 2.94. The summed E-state index contributed by atoms with van der Waals surface area (Å²) in [6, 6.07) is 9.36. The molecule has 7 heteroatoms. The zero-order valence-corrected chi connectivity index (χ0v) is 14.7. The van der Waals surface area contributed by atoms with Crippen LogP contribution in [0.1, 0.15) is 26.6 Å². The molecule has 0 radical (unpaired) electrons. The van der Waals surface area contributed by atoms with Crippen LogP contribution in [0.5, 0.6) is 0 Å². The maximum atomic E-state index is 12.7. The van der Waals surface area contributed by atoms with Crippen LogP contribution in [0.25, 0.3) is 10.2 Å². The Labute approximate surface area is 147 Å². The van der Waals surface area contributed by atoms with E-state index in [0.29, 0.717) is 26.5 Å². The van der Waals surface area contributed by atoms with Crippen LogP contribution in [0, 0.1) is 13.8 Å². The Kier molecular flexibility index (Phi) is 4.94. The fraction of sp³-hybridized carbons (Fsp3) is 0.278. The number of hydrogen-bond acceptors (Lipinski definition) is 5. The van der Waals surface area contributed by atoms with Crippen molar-refractivity contribution in [1.29, 1.82) is 0 Å². The summed E-state index contributed by atoms with van der Waals surface area (Å²) < 4.78 is 19.3. The molecule has 2 aromatic heterocycles. The standard InChI is InChI=1S/C18H17FN2O3S/c1-11-14-16(20-12(2)21(9-8-19)17(14)22)25-15(11)18(23)24-10-13-6-4-3-5-7-13/h3-7H,8-10H2,1-2H3. The number of aromatic nitrogens is 2. The van der Waals surface area contributed by atoms with Crippen LogP contribution >= 0.6 is 11.3 Å². The van der Waals surface area contributed by atoms with Gasteiger partial charge in [-0.05, 0) is 25.0 Å². The number of hydrogen-bond donors (Lipinski definition) is 0. The third kappa shape index (κ3) is 3.32. The van der Waals surface area contributed by atoms with Crippen LogP contribution in [0.2, 0.25) is 0 Å². The van der Waals surface area contributed by atoms with Gasteiger partial charge in [-0.25, -0.2) is 14.2 Å². The van der Waals surface area contributed by atoms with Crippen LogP contribution < -0.4 is 5.56 Å². The highest BCUT2D eigenvalue weighted by molar-refractivity contribution is 7.20. The zero-order valence-electron chi connectivity index (χ0n) is 13.9. The monoisotopic (exact) mass is 360 g/mol. The topological polar surface area (TPSA) is 61.2 Å². The Morgan fingerprint density at radius 2 is 2.00 bits per heavy atom. The number of aryl methyl sites for hydroxylation is 2. The highest BCUT2D eigenvalue weighted by Gasteiger charge is 2.21. The number of ether oxygens (including phenoxy) is 1. The van der Waals surface area contributed by atoms with Gasteiger partial charge < -0.3 is 4.74 Å². The van der Waals surface area contributed by atoms with Crippen molar-refractivity contribution in [2.45, 2.75) is 27.0 Å². The lowest BCUT2D eigenvalue weighted by Gasteiger charge is -2.06. The van der Waals surface area contributed by atoms with Crippen molar-refractivity contribution >= 4 is 27.5 Å². The second-order valence-corrected chi connectivity index (χ2v) is 6.60. The molecule has 0 atom stereocenters. The van der Waals surface area contributed by atoms with Gasteiger partial charge in [-0.3, -0.25) is 9.36 Å². The molecule has 25 heavy (non-hydrogen) atoms. The molecule has 0 unspecified atom stereocenters. The van der Waals surface area contributed by atoms with Crippen LogP contribution in [-0.2, 0) is 17.9 Å². The molecule has 0 aliphatic carbocycles. The minimum absolute atomic E-state index is 0.0450. The number of halogens is 1. The number of carbonyl (C=O) groups excluding carboxylic acids is 1. The predicted octanol–water partition coefficient (Wildman–Crippen LogP) is 3.40. The summed E-state index contributed by atoms with van der Waals surface area (Å²) in [5.41, 5.74) is 1.09. The van der Waals surface area contributed by atoms with Gasteiger partial charge in [0.25, 0.3) is 5.56 Å². The van der Waals surface area contributed by atoms with E-state index in [0.717, 1.165) is 16.9 Å². The third-order valence-electron chi connectivity index (χ3n) is 3.95. The van der Waals surface area contributed by atoms with Crippen molar-refractivity contribution < 1.29 is 13.9 Å². The van der Waals surface area contributed by atoms with E-state index in [-0.39, 0.29) is 18.7 Å². The van der Waals surface area contributed by atoms with Gasteiger partial charge in [0.15, 0.2) is 0 Å². The fourth-order valence-corrected chi connectivity index (χ4v) is 3.76. The minimum Gasteiger partial charge on any atom is -0.457 e. The summed E-state index contributed by atoms with van der Waals surface area (Å²) >= 11 is 1.13. The molecule has 0 saturated heterocycles. The van der Waals surface area contributed by atoms with Crippen molar-refractivity contribution in [3.63, 3.8) is 0 Å². The molecular weight excluding hydrogens is 343 g/mol. The molecule has 0 bridgehead atoms. The van der Waals surface area contributed by atoms with E-state index in [4.69, 9.17) is 4.74 Å². The van der Waals surface area contributed by atoms with Crippen molar-refractivity contribution in [2.75, 3.05) is 6.67 Å². The first-order valence-electron chi connectivity index (χ1n) is 7.80. The maximum absolute atomic E-state index is 12.7. The normalized spacial score (nSPS) is 11.0. The minimum atomic E-state index is -0.650. The predicted molar refractivity (Wildman–Crippen MR) is 94.9 cm³/mol. The Balaban J connectivity index is 1.94. The van der Waals surface area contributed by atoms with Crippen molar-refractivity contribution in [3.05, 3.63) is 62.5 Å². The quantitative estimate of drug-likeness (QED) is 0.654. The zero-order chi connectivity index (χ0) is 18.0. The van der Waals surface area contributed by atoms with Gasteiger partial charge in [0.2, 0.25) is 0 Å². The number of rotatable bonds is 5. The number of carbonyl (C=O) groups is 1. The second kappa shape index (κ2) is 7.14. The Morgan fingerprint density at radius 1 is 1.28 bits per heavy atom. The molecule has 0 saturated carbocycles. The summed E-state index contributed by atoms with van der Waals surface area (Å²) in [6.45, 7) is 2.81. The average molecular weight is 360 g/mol. The molecule has 3 aromatic rings. The van der Waals surface area contributed by atoms with E-state index in [1.165, 1.54) is 4.57 Å². The van der Waals surface area contributed by atoms with Gasteiger partial charge in [-0.1, -0.05) is 30.3 Å². The Hall–Kier alpha value is -2.54. The molecule has 0 amide bonds. The van der Waals surface area contributed by atoms with E-state index in [2.05, 4.69) is 4.98 Å². The van der Waals surface area contributed by atoms with Crippen LogP contribution in [0.15, 0.2) is 35.1 Å². The van der Waals surface area contributed by atoms with Gasteiger partial charge in [0, 0.05) is 0 Å². The number of benzene rings is 1. The van der Waals surface area contributed by atoms with Crippen LogP contribution in [0.4, 0.5) is 4.39 Å². The highest BCUT2D eigenvalue weighted by atomic mass is 32.1. The lowest BCUT2D eigenvalue weighted by molar-refractivity contribution is 0.0478. The number of fused-ring (bicyclic) bond motifs is 1. The maximum Gasteiger partial charge on any atom is 0.349 e. The first-order chi connectivity index (χ1) is 12.0. The Bertz CT molecular complexity index is 979. The summed E-state index contributed by atoms with van der Waals surface area (Å²) in [6.07, 6.45) is 0. The molecular formula is C18H17FN2O3S. The third-order valence-corrected chi connectivity index (χ3v) is 5.11. The molecule has 0 fully saturated rings. The summed E-state index contributed by atoms with van der Waals surface area (Å²) in [5, 5.41) is 0.357. The fourth-order valence-electron chi connectivity index (χ4n) is 2.65. The van der Waals surface area contributed by atoms with Crippen LogP contribution in [0.3, 0.4) is 0 Å². The second-order valence-electron chi connectivity index (χ2n) is 5.60. The van der Waals surface area contributed by atoms with E-state index in [1.807, 2.05) is 30.3 Å². The molecule has 0 aliphatic rings. The van der Waals surface area contributed by atoms with E-state index < -0.39 is 12.6 Å². The lowest BCUT2D eigenvalue weighted by Crippen LogP contribution is -2.24. The summed E-state index contributed by atoms with van der Waals surface area (Å²) in [5.74, 6) is -0.0564. The number of nitrogens with zero attached hydrogens (tertiary/aromatic N) is 2. The van der Waals surface area contributed by atoms with E-state index >= 15 is 0 Å². The van der Waals surface area contributed by atoms with Gasteiger partial charge in [-0.15, -0.1) is 11.3 Å². The number of thiophene rings is 1.